The van der Waals surface area contributed by atoms with Crippen molar-refractivity contribution in [2.24, 2.45) is 0 Å². The Morgan fingerprint density at radius 3 is 2.84 bits per heavy atom. The monoisotopic (exact) mass is 334 g/mol. The number of hydrogen-bond donors (Lipinski definition) is 0. The van der Waals surface area contributed by atoms with Gasteiger partial charge < -0.3 is 9.15 Å². The van der Waals surface area contributed by atoms with Gasteiger partial charge in [-0.1, -0.05) is 0 Å². The lowest BCUT2D eigenvalue weighted by Gasteiger charge is -2.07. The number of pyridine rings is 2. The zero-order valence-corrected chi connectivity index (χ0v) is 13.4. The molecule has 4 rings (SSSR count). The maximum absolute atomic E-state index is 12.2. The van der Waals surface area contributed by atoms with Crippen LogP contribution in [0.3, 0.4) is 0 Å². The van der Waals surface area contributed by atoms with Crippen LogP contribution in [0.4, 0.5) is 0 Å². The van der Waals surface area contributed by atoms with Gasteiger partial charge in [-0.25, -0.2) is 14.5 Å². The van der Waals surface area contributed by atoms with Gasteiger partial charge in [-0.3, -0.25) is 4.98 Å². The molecule has 25 heavy (non-hydrogen) atoms. The van der Waals surface area contributed by atoms with Crippen LogP contribution in [-0.2, 0) is 11.3 Å². The molecule has 0 N–H and O–H groups in total. The molecule has 4 aromatic heterocycles. The second-order valence-corrected chi connectivity index (χ2v) is 5.42. The standard InChI is InChI=1S/C18H14N4O3/c1-24-18(23)13-9-15(16-3-2-8-25-16)21-17-14(13)10-20-22(17)11-12-4-6-19-7-5-12/h2-10H,11H2,1H3. The number of furan rings is 1. The van der Waals surface area contributed by atoms with E-state index in [0.29, 0.717) is 34.6 Å². The number of esters is 1. The normalized spacial score (nSPS) is 10.9. The van der Waals surface area contributed by atoms with Crippen molar-refractivity contribution in [3.05, 3.63) is 66.3 Å². The highest BCUT2D eigenvalue weighted by molar-refractivity contribution is 6.03. The third kappa shape index (κ3) is 2.76. The van der Waals surface area contributed by atoms with Crippen LogP contribution in [0.15, 0.2) is 59.6 Å². The predicted molar refractivity (Wildman–Crippen MR) is 89.9 cm³/mol. The SMILES string of the molecule is COC(=O)c1cc(-c2ccco2)nc2c1cnn2Cc1ccncc1. The van der Waals surface area contributed by atoms with E-state index in [2.05, 4.69) is 15.1 Å². The van der Waals surface area contributed by atoms with Crippen LogP contribution in [-0.4, -0.2) is 32.8 Å². The molecule has 0 fully saturated rings. The number of carbonyl (C=O) groups is 1. The molecular weight excluding hydrogens is 320 g/mol. The molecule has 4 heterocycles. The first-order valence-corrected chi connectivity index (χ1v) is 7.64. The number of nitrogens with zero attached hydrogens (tertiary/aromatic N) is 4. The lowest BCUT2D eigenvalue weighted by molar-refractivity contribution is 0.0603. The van der Waals surface area contributed by atoms with Crippen LogP contribution in [0.2, 0.25) is 0 Å². The van der Waals surface area contributed by atoms with E-state index in [4.69, 9.17) is 9.15 Å². The molecule has 124 valence electrons. The van der Waals surface area contributed by atoms with Crippen LogP contribution >= 0.6 is 0 Å². The minimum Gasteiger partial charge on any atom is -0.465 e. The van der Waals surface area contributed by atoms with Crippen molar-refractivity contribution in [2.45, 2.75) is 6.54 Å². The van der Waals surface area contributed by atoms with Crippen LogP contribution < -0.4 is 0 Å². The molecule has 0 saturated carbocycles. The van der Waals surface area contributed by atoms with Gasteiger partial charge in [0, 0.05) is 12.4 Å². The maximum Gasteiger partial charge on any atom is 0.338 e. The van der Waals surface area contributed by atoms with Gasteiger partial charge in [-0.2, -0.15) is 5.10 Å². The third-order valence-corrected chi connectivity index (χ3v) is 3.87. The van der Waals surface area contributed by atoms with Crippen molar-refractivity contribution < 1.29 is 13.9 Å². The lowest BCUT2D eigenvalue weighted by Crippen LogP contribution is -2.06. The highest BCUT2D eigenvalue weighted by Gasteiger charge is 2.18. The Balaban J connectivity index is 1.88. The summed E-state index contributed by atoms with van der Waals surface area (Å²) in [4.78, 5) is 20.8. The summed E-state index contributed by atoms with van der Waals surface area (Å²) in [5, 5.41) is 5.02. The minimum atomic E-state index is -0.441. The largest absolute Gasteiger partial charge is 0.465 e. The Kier molecular flexibility index (Phi) is 3.74. The zero-order valence-electron chi connectivity index (χ0n) is 13.4. The summed E-state index contributed by atoms with van der Waals surface area (Å²) in [5.74, 6) is 0.132. The molecule has 4 aromatic rings. The first kappa shape index (κ1) is 15.1. The Hall–Kier alpha value is -3.48. The van der Waals surface area contributed by atoms with E-state index in [1.165, 1.54) is 7.11 Å². The van der Waals surface area contributed by atoms with Crippen LogP contribution in [0.1, 0.15) is 15.9 Å². The smallest absolute Gasteiger partial charge is 0.338 e. The fourth-order valence-electron chi connectivity index (χ4n) is 2.65. The topological polar surface area (TPSA) is 83.0 Å². The first-order chi connectivity index (χ1) is 12.3. The molecular formula is C18H14N4O3. The molecule has 0 amide bonds. The van der Waals surface area contributed by atoms with Gasteiger partial charge >= 0.3 is 5.97 Å². The molecule has 0 aliphatic rings. The average Bonchev–Trinajstić information content (AvgIpc) is 3.32. The minimum absolute atomic E-state index is 0.403. The second-order valence-electron chi connectivity index (χ2n) is 5.42. The molecule has 0 atom stereocenters. The van der Waals surface area contributed by atoms with Gasteiger partial charge in [0.1, 0.15) is 5.69 Å². The van der Waals surface area contributed by atoms with Crippen LogP contribution in [0.5, 0.6) is 0 Å². The molecule has 7 heteroatoms. The summed E-state index contributed by atoms with van der Waals surface area (Å²) in [7, 11) is 1.35. The molecule has 0 radical (unpaired) electrons. The zero-order chi connectivity index (χ0) is 17.2. The number of aromatic nitrogens is 4. The number of rotatable bonds is 4. The number of hydrogen-bond acceptors (Lipinski definition) is 6. The van der Waals surface area contributed by atoms with E-state index in [1.807, 2.05) is 12.1 Å². The Morgan fingerprint density at radius 1 is 1.28 bits per heavy atom. The predicted octanol–water partition coefficient (Wildman–Crippen LogP) is 2.92. The van der Waals surface area contributed by atoms with E-state index in [0.717, 1.165) is 5.56 Å². The molecule has 7 nitrogen and oxygen atoms in total. The van der Waals surface area contributed by atoms with Crippen molar-refractivity contribution in [3.8, 4) is 11.5 Å². The summed E-state index contributed by atoms with van der Waals surface area (Å²) in [6, 6.07) is 9.04. The van der Waals surface area contributed by atoms with Crippen LogP contribution in [0, 0.1) is 0 Å². The number of fused-ring (bicyclic) bond motifs is 1. The molecule has 0 aromatic carbocycles. The second kappa shape index (κ2) is 6.20. The maximum atomic E-state index is 12.2. The van der Waals surface area contributed by atoms with E-state index in [1.54, 1.807) is 47.7 Å². The summed E-state index contributed by atoms with van der Waals surface area (Å²) >= 11 is 0. The highest BCUT2D eigenvalue weighted by Crippen LogP contribution is 2.26. The fraction of sp³-hybridized carbons (Fsp3) is 0.111. The van der Waals surface area contributed by atoms with Crippen molar-refractivity contribution in [1.29, 1.82) is 0 Å². The van der Waals surface area contributed by atoms with E-state index in [-0.39, 0.29) is 0 Å². The number of carbonyl (C=O) groups excluding carboxylic acids is 1. The van der Waals surface area contributed by atoms with E-state index in [9.17, 15) is 4.79 Å². The van der Waals surface area contributed by atoms with Gasteiger partial charge in [-0.05, 0) is 35.9 Å². The first-order valence-electron chi connectivity index (χ1n) is 7.64. The van der Waals surface area contributed by atoms with Gasteiger partial charge in [0.05, 0.1) is 37.1 Å². The molecule has 0 unspecified atom stereocenters. The fourth-order valence-corrected chi connectivity index (χ4v) is 2.65. The van der Waals surface area contributed by atoms with Gasteiger partial charge in [0.15, 0.2) is 11.4 Å². The molecule has 0 aliphatic heterocycles. The molecule has 0 bridgehead atoms. The highest BCUT2D eigenvalue weighted by atomic mass is 16.5. The third-order valence-electron chi connectivity index (χ3n) is 3.87. The van der Waals surface area contributed by atoms with Gasteiger partial charge in [0.2, 0.25) is 0 Å². The van der Waals surface area contributed by atoms with Crippen molar-refractivity contribution >= 4 is 17.0 Å². The summed E-state index contributed by atoms with van der Waals surface area (Å²) in [5.41, 5.74) is 2.57. The average molecular weight is 334 g/mol. The van der Waals surface area contributed by atoms with Crippen molar-refractivity contribution in [2.75, 3.05) is 7.11 Å². The van der Waals surface area contributed by atoms with Crippen molar-refractivity contribution in [1.82, 2.24) is 19.7 Å². The van der Waals surface area contributed by atoms with Gasteiger partial charge in [0.25, 0.3) is 0 Å². The molecule has 0 spiro atoms. The van der Waals surface area contributed by atoms with Crippen molar-refractivity contribution in [3.63, 3.8) is 0 Å². The Labute approximate surface area is 142 Å². The van der Waals surface area contributed by atoms with E-state index >= 15 is 0 Å². The summed E-state index contributed by atoms with van der Waals surface area (Å²) < 4.78 is 12.1. The Morgan fingerprint density at radius 2 is 2.12 bits per heavy atom. The summed E-state index contributed by atoms with van der Waals surface area (Å²) in [6.07, 6.45) is 6.64. The molecule has 0 aliphatic carbocycles. The Bertz CT molecular complexity index is 1020. The van der Waals surface area contributed by atoms with Gasteiger partial charge in [-0.15, -0.1) is 0 Å². The number of methoxy groups -OCH3 is 1. The summed E-state index contributed by atoms with van der Waals surface area (Å²) in [6.45, 7) is 0.515. The lowest BCUT2D eigenvalue weighted by atomic mass is 10.1. The number of ether oxygens (including phenoxy) is 1. The van der Waals surface area contributed by atoms with Crippen LogP contribution in [0.25, 0.3) is 22.5 Å². The molecule has 0 saturated heterocycles. The van der Waals surface area contributed by atoms with E-state index < -0.39 is 5.97 Å². The quantitative estimate of drug-likeness (QED) is 0.534.